The fourth-order valence-electron chi connectivity index (χ4n) is 2.14. The van der Waals surface area contributed by atoms with Gasteiger partial charge in [0.15, 0.2) is 0 Å². The van der Waals surface area contributed by atoms with E-state index in [0.717, 1.165) is 11.6 Å². The summed E-state index contributed by atoms with van der Waals surface area (Å²) in [7, 11) is 0. The number of rotatable bonds is 6. The van der Waals surface area contributed by atoms with Gasteiger partial charge in [0, 0.05) is 6.54 Å². The van der Waals surface area contributed by atoms with E-state index < -0.39 is 17.6 Å². The summed E-state index contributed by atoms with van der Waals surface area (Å²) in [5.41, 5.74) is 6.54. The third kappa shape index (κ3) is 4.51. The van der Waals surface area contributed by atoms with Gasteiger partial charge in [-0.25, -0.2) is 8.78 Å². The van der Waals surface area contributed by atoms with E-state index in [2.05, 4.69) is 5.32 Å². The van der Waals surface area contributed by atoms with E-state index in [1.54, 1.807) is 12.1 Å². The summed E-state index contributed by atoms with van der Waals surface area (Å²) in [6.07, 6.45) is 0.320. The molecule has 0 fully saturated rings. The second-order valence-corrected chi connectivity index (χ2v) is 5.12. The zero-order chi connectivity index (χ0) is 16.8. The molecule has 1 atom stereocenters. The summed E-state index contributed by atoms with van der Waals surface area (Å²) in [5.74, 6) is -2.04. The Kier molecular flexibility index (Phi) is 5.26. The number of nitrogens with zero attached hydrogens (tertiary/aromatic N) is 1. The minimum Gasteiger partial charge on any atom is -0.382 e. The second-order valence-electron chi connectivity index (χ2n) is 5.12. The molecule has 6 heteroatoms. The zero-order valence-electron chi connectivity index (χ0n) is 12.2. The molecule has 3 N–H and O–H groups in total. The maximum absolute atomic E-state index is 13.8. The third-order valence-corrected chi connectivity index (χ3v) is 3.43. The molecule has 4 nitrogen and oxygen atoms in total. The predicted octanol–water partition coefficient (Wildman–Crippen LogP) is 2.59. The Labute approximate surface area is 132 Å². The number of nitrogens with one attached hydrogen (secondary N) is 1. The lowest BCUT2D eigenvalue weighted by Gasteiger charge is -2.16. The Morgan fingerprint density at radius 3 is 2.48 bits per heavy atom. The fraction of sp³-hybridized carbons (Fsp3) is 0.176. The average molecular weight is 315 g/mol. The summed E-state index contributed by atoms with van der Waals surface area (Å²) in [4.78, 5) is 11.5. The maximum Gasteiger partial charge on any atom is 0.222 e. The molecule has 0 aliphatic heterocycles. The Balaban J connectivity index is 2.04. The number of benzene rings is 2. The highest BCUT2D eigenvalue weighted by atomic mass is 19.1. The number of nitrogens with two attached hydrogens (primary N) is 1. The summed E-state index contributed by atoms with van der Waals surface area (Å²) in [5, 5.41) is 11.5. The Hall–Kier alpha value is -2.94. The van der Waals surface area contributed by atoms with Crippen LogP contribution in [0.2, 0.25) is 0 Å². The number of carbonyl (C=O) groups excluding carboxylic acids is 1. The minimum atomic E-state index is -0.575. The van der Waals surface area contributed by atoms with Crippen molar-refractivity contribution >= 4 is 11.6 Å². The van der Waals surface area contributed by atoms with Crippen molar-refractivity contribution in [2.45, 2.75) is 6.42 Å². The first-order valence-electron chi connectivity index (χ1n) is 6.97. The number of nitriles is 1. The first-order chi connectivity index (χ1) is 11.0. The van der Waals surface area contributed by atoms with Crippen LogP contribution in [0.15, 0.2) is 42.5 Å². The van der Waals surface area contributed by atoms with Crippen molar-refractivity contribution in [3.63, 3.8) is 0 Å². The molecular formula is C17H15F2N3O. The molecule has 0 saturated heterocycles. The van der Waals surface area contributed by atoms with Gasteiger partial charge in [-0.3, -0.25) is 4.79 Å². The van der Waals surface area contributed by atoms with Gasteiger partial charge in [-0.05, 0) is 42.3 Å². The van der Waals surface area contributed by atoms with E-state index in [0.29, 0.717) is 6.42 Å². The van der Waals surface area contributed by atoms with Crippen molar-refractivity contribution in [2.24, 2.45) is 11.7 Å². The van der Waals surface area contributed by atoms with Gasteiger partial charge in [-0.2, -0.15) is 5.26 Å². The van der Waals surface area contributed by atoms with Crippen LogP contribution in [0.3, 0.4) is 0 Å². The quantitative estimate of drug-likeness (QED) is 0.860. The largest absolute Gasteiger partial charge is 0.382 e. The van der Waals surface area contributed by atoms with Crippen LogP contribution in [0.4, 0.5) is 14.5 Å². The predicted molar refractivity (Wildman–Crippen MR) is 82.4 cm³/mol. The van der Waals surface area contributed by atoms with Gasteiger partial charge in [-0.15, -0.1) is 0 Å². The van der Waals surface area contributed by atoms with Gasteiger partial charge in [0.05, 0.1) is 23.2 Å². The first kappa shape index (κ1) is 16.4. The molecular weight excluding hydrogens is 300 g/mol. The molecule has 0 spiro atoms. The molecule has 0 aliphatic carbocycles. The highest BCUT2D eigenvalue weighted by Gasteiger charge is 2.17. The monoisotopic (exact) mass is 315 g/mol. The van der Waals surface area contributed by atoms with Crippen molar-refractivity contribution in [2.75, 3.05) is 11.9 Å². The first-order valence-corrected chi connectivity index (χ1v) is 6.97. The second kappa shape index (κ2) is 7.36. The molecule has 0 heterocycles. The summed E-state index contributed by atoms with van der Waals surface area (Å²) in [6, 6.07) is 11.6. The lowest BCUT2D eigenvalue weighted by Crippen LogP contribution is -2.31. The minimum absolute atomic E-state index is 0.134. The van der Waals surface area contributed by atoms with Crippen LogP contribution in [0.1, 0.15) is 11.1 Å². The molecule has 2 aromatic carbocycles. The van der Waals surface area contributed by atoms with Crippen molar-refractivity contribution in [3.05, 3.63) is 65.2 Å². The van der Waals surface area contributed by atoms with Gasteiger partial charge >= 0.3 is 0 Å². The van der Waals surface area contributed by atoms with Crippen molar-refractivity contribution in [1.29, 1.82) is 5.26 Å². The van der Waals surface area contributed by atoms with Crippen LogP contribution in [0, 0.1) is 28.9 Å². The highest BCUT2D eigenvalue weighted by molar-refractivity contribution is 5.77. The molecule has 2 aromatic rings. The standard InChI is InChI=1S/C17H15F2N3O/c18-14-4-1-11(2-5-14)7-13(17(21)23)10-22-16-6-3-12(9-20)8-15(16)19/h1-6,8,13,22H,7,10H2,(H2,21,23). The zero-order valence-corrected chi connectivity index (χ0v) is 12.2. The molecule has 0 radical (unpaired) electrons. The van der Waals surface area contributed by atoms with Crippen LogP contribution in [0.5, 0.6) is 0 Å². The van der Waals surface area contributed by atoms with Gasteiger partial charge in [0.1, 0.15) is 11.6 Å². The van der Waals surface area contributed by atoms with E-state index in [4.69, 9.17) is 11.0 Å². The van der Waals surface area contributed by atoms with Crippen molar-refractivity contribution < 1.29 is 13.6 Å². The number of amides is 1. The normalized spacial score (nSPS) is 11.5. The fourth-order valence-corrected chi connectivity index (χ4v) is 2.14. The van der Waals surface area contributed by atoms with Gasteiger partial charge in [0.2, 0.25) is 5.91 Å². The highest BCUT2D eigenvalue weighted by Crippen LogP contribution is 2.17. The van der Waals surface area contributed by atoms with E-state index in [-0.39, 0.29) is 23.6 Å². The van der Waals surface area contributed by atoms with Crippen LogP contribution >= 0.6 is 0 Å². The topological polar surface area (TPSA) is 78.9 Å². The molecule has 23 heavy (non-hydrogen) atoms. The maximum atomic E-state index is 13.8. The molecule has 0 aliphatic rings. The summed E-state index contributed by atoms with van der Waals surface area (Å²) < 4.78 is 26.7. The average Bonchev–Trinajstić information content (AvgIpc) is 2.53. The molecule has 0 bridgehead atoms. The van der Waals surface area contributed by atoms with Crippen LogP contribution in [-0.4, -0.2) is 12.5 Å². The van der Waals surface area contributed by atoms with Gasteiger partial charge < -0.3 is 11.1 Å². The number of hydrogen-bond acceptors (Lipinski definition) is 3. The molecule has 0 aromatic heterocycles. The molecule has 0 saturated carbocycles. The molecule has 1 amide bonds. The van der Waals surface area contributed by atoms with E-state index in [9.17, 15) is 13.6 Å². The number of anilines is 1. The van der Waals surface area contributed by atoms with Gasteiger partial charge in [-0.1, -0.05) is 12.1 Å². The van der Waals surface area contributed by atoms with E-state index in [1.165, 1.54) is 24.3 Å². The van der Waals surface area contributed by atoms with Crippen molar-refractivity contribution in [3.8, 4) is 6.07 Å². The molecule has 2 rings (SSSR count). The third-order valence-electron chi connectivity index (χ3n) is 3.43. The SMILES string of the molecule is N#Cc1ccc(NCC(Cc2ccc(F)cc2)C(N)=O)c(F)c1. The van der Waals surface area contributed by atoms with Crippen LogP contribution in [0.25, 0.3) is 0 Å². The van der Waals surface area contributed by atoms with Gasteiger partial charge in [0.25, 0.3) is 0 Å². The van der Waals surface area contributed by atoms with E-state index in [1.807, 2.05) is 6.07 Å². The molecule has 1 unspecified atom stereocenters. The van der Waals surface area contributed by atoms with Crippen LogP contribution in [-0.2, 0) is 11.2 Å². The summed E-state index contributed by atoms with van der Waals surface area (Å²) in [6.45, 7) is 0.134. The Morgan fingerprint density at radius 2 is 1.91 bits per heavy atom. The number of primary amides is 1. The Morgan fingerprint density at radius 1 is 1.22 bits per heavy atom. The number of halogens is 2. The number of hydrogen-bond donors (Lipinski definition) is 2. The van der Waals surface area contributed by atoms with E-state index >= 15 is 0 Å². The Bertz CT molecular complexity index is 738. The lowest BCUT2D eigenvalue weighted by molar-refractivity contribution is -0.121. The number of carbonyl (C=O) groups is 1. The van der Waals surface area contributed by atoms with Crippen LogP contribution < -0.4 is 11.1 Å². The smallest absolute Gasteiger partial charge is 0.222 e. The molecule has 118 valence electrons. The van der Waals surface area contributed by atoms with Crippen molar-refractivity contribution in [1.82, 2.24) is 0 Å². The lowest BCUT2D eigenvalue weighted by atomic mass is 9.98. The summed E-state index contributed by atoms with van der Waals surface area (Å²) >= 11 is 0.